The Bertz CT molecular complexity index is 4370. The molecule has 0 aliphatic heterocycles. The van der Waals surface area contributed by atoms with Crippen LogP contribution in [0.15, 0.2) is 255 Å². The van der Waals surface area contributed by atoms with Gasteiger partial charge in [0.05, 0.1) is 16.7 Å². The van der Waals surface area contributed by atoms with Gasteiger partial charge in [-0.15, -0.1) is 0 Å². The van der Waals surface area contributed by atoms with Gasteiger partial charge < -0.3 is 0 Å². The van der Waals surface area contributed by atoms with E-state index in [4.69, 9.17) is 15.0 Å². The second-order valence-electron chi connectivity index (χ2n) is 21.5. The van der Waals surface area contributed by atoms with Crippen LogP contribution < -0.4 is 0 Å². The van der Waals surface area contributed by atoms with Crippen molar-refractivity contribution in [2.75, 3.05) is 0 Å². The van der Waals surface area contributed by atoms with E-state index in [9.17, 15) is 0 Å². The minimum Gasteiger partial charge on any atom is -0.256 e. The summed E-state index contributed by atoms with van der Waals surface area (Å²) in [5.41, 5.74) is 19.5. The molecule has 0 bridgehead atoms. The molecular weight excluding hydrogens is 943 g/mol. The van der Waals surface area contributed by atoms with Crippen LogP contribution >= 0.6 is 0 Å². The minimum absolute atomic E-state index is 0.0779. The summed E-state index contributed by atoms with van der Waals surface area (Å²) >= 11 is 0. The summed E-state index contributed by atoms with van der Waals surface area (Å²) in [5, 5.41) is 11.9. The lowest BCUT2D eigenvalue weighted by atomic mass is 9.80. The third-order valence-corrected chi connectivity index (χ3v) is 16.4. The van der Waals surface area contributed by atoms with Crippen molar-refractivity contribution >= 4 is 64.9 Å². The number of benzene rings is 11. The van der Waals surface area contributed by atoms with Crippen molar-refractivity contribution in [1.82, 2.24) is 15.0 Å². The number of hydrogen-bond acceptors (Lipinski definition) is 3. The Morgan fingerprint density at radius 3 is 1.09 bits per heavy atom. The molecule has 0 spiro atoms. The first-order valence-electron chi connectivity index (χ1n) is 27.3. The predicted octanol–water partition coefficient (Wildman–Crippen LogP) is 20.5. The molecule has 0 amide bonds. The van der Waals surface area contributed by atoms with E-state index < -0.39 is 0 Å². The van der Waals surface area contributed by atoms with Crippen molar-refractivity contribution in [1.29, 1.82) is 0 Å². The van der Waals surface area contributed by atoms with Gasteiger partial charge in [0, 0.05) is 45.7 Å². The van der Waals surface area contributed by atoms with Gasteiger partial charge in [-0.05, 0) is 171 Å². The van der Waals surface area contributed by atoms with Crippen molar-refractivity contribution in [2.45, 2.75) is 39.0 Å². The molecule has 14 aromatic rings. The largest absolute Gasteiger partial charge is 0.256 e. The molecule has 78 heavy (non-hydrogen) atoms. The van der Waals surface area contributed by atoms with Gasteiger partial charge in [0.25, 0.3) is 0 Å². The molecule has 0 unspecified atom stereocenters. The van der Waals surface area contributed by atoms with Gasteiger partial charge in [0.15, 0.2) is 0 Å². The number of rotatable bonds is 10. The van der Waals surface area contributed by atoms with Crippen LogP contribution in [-0.2, 0) is 5.41 Å². The zero-order valence-electron chi connectivity index (χ0n) is 44.0. The number of pyridine rings is 3. The third-order valence-electron chi connectivity index (χ3n) is 16.4. The van der Waals surface area contributed by atoms with Gasteiger partial charge >= 0.3 is 0 Å². The lowest BCUT2D eigenvalue weighted by molar-refractivity contribution is 0.473. The number of nitrogens with zero attached hydrogens (tertiary/aromatic N) is 3. The summed E-state index contributed by atoms with van der Waals surface area (Å²) < 4.78 is 0. The molecule has 14 rings (SSSR count). The number of fused-ring (bicyclic) bond motifs is 12. The Hall–Kier alpha value is -9.57. The quantitative estimate of drug-likeness (QED) is 0.128. The predicted molar refractivity (Wildman–Crippen MR) is 331 cm³/mol. The Labute approximate surface area is 455 Å². The standard InChI is InChI=1S/C75H55N3/c1-4-38-75(2,3)55-37-41-76-72(47-55)49-31-29-48(30-32-49)56-17-5-8-20-59(56)52-42-53(60-21-9-6-18-57(60)50-33-35-68-70(45-50)64-25-13-11-23-62(64)66-27-15-39-77-73(66)68)44-54(43-52)61-22-10-7-19-58(61)51-34-36-69-71(46-51)65-26-14-12-24-63(65)67-28-16-40-78-74(67)69/h5-37,39-47H,4,38H2,1-3H3. The highest BCUT2D eigenvalue weighted by Crippen LogP contribution is 2.45. The third kappa shape index (κ3) is 8.10. The fourth-order valence-electron chi connectivity index (χ4n) is 12.5. The highest BCUT2D eigenvalue weighted by Gasteiger charge is 2.22. The lowest BCUT2D eigenvalue weighted by Gasteiger charge is -2.25. The first-order chi connectivity index (χ1) is 38.4. The van der Waals surface area contributed by atoms with E-state index in [1.807, 2.05) is 30.7 Å². The molecule has 0 saturated heterocycles. The van der Waals surface area contributed by atoms with E-state index in [-0.39, 0.29) is 5.41 Å². The first kappa shape index (κ1) is 46.9. The summed E-state index contributed by atoms with van der Waals surface area (Å²) in [5.74, 6) is 0. The molecule has 0 aliphatic rings. The zero-order valence-corrected chi connectivity index (χ0v) is 44.0. The summed E-state index contributed by atoms with van der Waals surface area (Å²) in [6, 6.07) is 87.2. The van der Waals surface area contributed by atoms with E-state index in [1.165, 1.54) is 65.3 Å². The SMILES string of the molecule is CCCC(C)(C)c1ccnc(-c2ccc(-c3ccccc3-c3cc(-c4ccccc4-c4ccc5c(c4)c4ccccc4c4cccnc45)cc(-c4ccccc4-c4ccc5c(c4)c4ccccc4c4cccnc45)c3)cc2)c1. The molecule has 0 atom stereocenters. The summed E-state index contributed by atoms with van der Waals surface area (Å²) in [7, 11) is 0. The molecule has 3 heteroatoms. The van der Waals surface area contributed by atoms with Crippen LogP contribution in [0.5, 0.6) is 0 Å². The highest BCUT2D eigenvalue weighted by atomic mass is 14.7. The van der Waals surface area contributed by atoms with Crippen LogP contribution in [0.25, 0.3) is 143 Å². The van der Waals surface area contributed by atoms with Gasteiger partial charge in [-0.25, -0.2) is 0 Å². The molecule has 3 heterocycles. The molecule has 3 aromatic heterocycles. The van der Waals surface area contributed by atoms with Gasteiger partial charge in [0.2, 0.25) is 0 Å². The van der Waals surface area contributed by atoms with Crippen molar-refractivity contribution in [3.8, 4) is 78.0 Å². The first-order valence-corrected chi connectivity index (χ1v) is 27.3. The molecular formula is C75H55N3. The fourth-order valence-corrected chi connectivity index (χ4v) is 12.5. The molecule has 3 nitrogen and oxygen atoms in total. The van der Waals surface area contributed by atoms with E-state index in [1.54, 1.807) is 0 Å². The average Bonchev–Trinajstić information content (AvgIpc) is 3.69. The Balaban J connectivity index is 0.951. The lowest BCUT2D eigenvalue weighted by Crippen LogP contribution is -2.16. The van der Waals surface area contributed by atoms with E-state index in [0.717, 1.165) is 96.0 Å². The van der Waals surface area contributed by atoms with E-state index in [0.29, 0.717) is 0 Å². The zero-order chi connectivity index (χ0) is 52.3. The van der Waals surface area contributed by atoms with Crippen molar-refractivity contribution in [3.05, 3.63) is 261 Å². The van der Waals surface area contributed by atoms with Crippen molar-refractivity contribution in [3.63, 3.8) is 0 Å². The molecule has 0 fully saturated rings. The van der Waals surface area contributed by atoms with E-state index >= 15 is 0 Å². The molecule has 11 aromatic carbocycles. The summed E-state index contributed by atoms with van der Waals surface area (Å²) in [4.78, 5) is 14.7. The minimum atomic E-state index is 0.0779. The van der Waals surface area contributed by atoms with Crippen molar-refractivity contribution in [2.24, 2.45) is 0 Å². The van der Waals surface area contributed by atoms with Gasteiger partial charge in [-0.3, -0.25) is 15.0 Å². The van der Waals surface area contributed by atoms with Crippen LogP contribution in [0, 0.1) is 0 Å². The average molecular weight is 998 g/mol. The van der Waals surface area contributed by atoms with Crippen LogP contribution in [0.1, 0.15) is 39.2 Å². The maximum atomic E-state index is 4.93. The Morgan fingerprint density at radius 1 is 0.282 bits per heavy atom. The molecule has 0 aliphatic carbocycles. The normalized spacial score (nSPS) is 11.9. The monoisotopic (exact) mass is 997 g/mol. The van der Waals surface area contributed by atoms with Gasteiger partial charge in [0.1, 0.15) is 0 Å². The van der Waals surface area contributed by atoms with Crippen LogP contribution in [0.4, 0.5) is 0 Å². The maximum absolute atomic E-state index is 4.93. The van der Waals surface area contributed by atoms with Crippen LogP contribution in [0.3, 0.4) is 0 Å². The second kappa shape index (κ2) is 19.2. The summed E-state index contributed by atoms with van der Waals surface area (Å²) in [6.45, 7) is 6.93. The number of aromatic nitrogens is 3. The molecule has 0 radical (unpaired) electrons. The Kier molecular flexibility index (Phi) is 11.6. The number of hydrogen-bond donors (Lipinski definition) is 0. The fraction of sp³-hybridized carbons (Fsp3) is 0.0800. The van der Waals surface area contributed by atoms with Gasteiger partial charge in [-0.2, -0.15) is 0 Å². The van der Waals surface area contributed by atoms with E-state index in [2.05, 4.69) is 245 Å². The highest BCUT2D eigenvalue weighted by molar-refractivity contribution is 6.26. The van der Waals surface area contributed by atoms with Crippen LogP contribution in [0.2, 0.25) is 0 Å². The van der Waals surface area contributed by atoms with Crippen LogP contribution in [-0.4, -0.2) is 15.0 Å². The molecule has 0 N–H and O–H groups in total. The van der Waals surface area contributed by atoms with Gasteiger partial charge in [-0.1, -0.05) is 209 Å². The van der Waals surface area contributed by atoms with Crippen molar-refractivity contribution < 1.29 is 0 Å². The topological polar surface area (TPSA) is 38.7 Å². The Morgan fingerprint density at radius 2 is 0.641 bits per heavy atom. The molecule has 370 valence electrons. The molecule has 0 saturated carbocycles. The maximum Gasteiger partial charge on any atom is 0.0786 e. The summed E-state index contributed by atoms with van der Waals surface area (Å²) in [6.07, 6.45) is 8.04. The smallest absolute Gasteiger partial charge is 0.0786 e. The second-order valence-corrected chi connectivity index (χ2v) is 21.5.